The molecule has 2 atom stereocenters. The molecule has 194 valence electrons. The highest BCUT2D eigenvalue weighted by molar-refractivity contribution is 7.79. The highest BCUT2D eigenvalue weighted by Gasteiger charge is 2.55. The number of imidazole rings is 1. The average molecular weight is 530 g/mol. The van der Waals surface area contributed by atoms with Crippen LogP contribution in [0.25, 0.3) is 10.9 Å². The van der Waals surface area contributed by atoms with Crippen molar-refractivity contribution < 1.29 is 40.6 Å². The summed E-state index contributed by atoms with van der Waals surface area (Å²) in [4.78, 5) is 18.7. The Labute approximate surface area is 202 Å². The molecule has 2 unspecified atom stereocenters. The van der Waals surface area contributed by atoms with Crippen molar-refractivity contribution in [1.82, 2.24) is 24.2 Å². The van der Waals surface area contributed by atoms with Crippen LogP contribution in [0, 0.1) is 11.3 Å². The van der Waals surface area contributed by atoms with Crippen LogP contribution in [-0.4, -0.2) is 65.5 Å². The Morgan fingerprint density at radius 2 is 1.89 bits per heavy atom. The second kappa shape index (κ2) is 9.17. The minimum atomic E-state index is -4.89. The standard InChI is InChI=1S/C20H19F3N6O2.H2O4S/c1-11-9-28(10-13-8-25-18(29(11)13)19(2,31)20(21,22)23)17(30)16-14-5-4-12(7-24)6-15(14)26-27(16)3;1-5(2,3)4/h4-6,8,11,31H,9-10H2,1-3H3;(H2,1,2,3,4). The van der Waals surface area contributed by atoms with Gasteiger partial charge in [-0.2, -0.15) is 31.9 Å². The molecule has 3 aromatic rings. The van der Waals surface area contributed by atoms with Crippen molar-refractivity contribution in [3.05, 3.63) is 47.2 Å². The molecule has 0 saturated carbocycles. The van der Waals surface area contributed by atoms with Gasteiger partial charge < -0.3 is 14.6 Å². The zero-order valence-electron chi connectivity index (χ0n) is 19.1. The van der Waals surface area contributed by atoms with Crippen LogP contribution in [0.2, 0.25) is 0 Å². The molecule has 4 rings (SSSR count). The number of nitriles is 1. The Balaban J connectivity index is 0.000000658. The Morgan fingerprint density at radius 3 is 2.44 bits per heavy atom. The SMILES string of the molecule is CC1CN(C(=O)c2c3ccc(C#N)cc3nn2C)Cc2cnc(C(C)(O)C(F)(F)F)n21.O=S(=O)(O)O. The fraction of sp³-hybridized carbons (Fsp3) is 0.400. The first-order chi connectivity index (χ1) is 16.5. The van der Waals surface area contributed by atoms with Crippen LogP contribution in [-0.2, 0) is 29.6 Å². The highest BCUT2D eigenvalue weighted by atomic mass is 32.3. The third kappa shape index (κ3) is 5.18. The lowest BCUT2D eigenvalue weighted by Crippen LogP contribution is -2.46. The van der Waals surface area contributed by atoms with Gasteiger partial charge in [-0.25, -0.2) is 4.98 Å². The molecule has 16 heteroatoms. The number of benzene rings is 1. The largest absolute Gasteiger partial charge is 0.424 e. The van der Waals surface area contributed by atoms with Crippen LogP contribution in [0.5, 0.6) is 0 Å². The van der Waals surface area contributed by atoms with E-state index in [1.165, 1.54) is 20.3 Å². The summed E-state index contributed by atoms with van der Waals surface area (Å²) in [6, 6.07) is 6.33. The minimum Gasteiger partial charge on any atom is -0.374 e. The van der Waals surface area contributed by atoms with Gasteiger partial charge in [0.2, 0.25) is 5.60 Å². The van der Waals surface area contributed by atoms with Crippen molar-refractivity contribution in [2.75, 3.05) is 6.54 Å². The number of fused-ring (bicyclic) bond motifs is 2. The molecule has 3 N–H and O–H groups in total. The first-order valence-corrected chi connectivity index (χ1v) is 11.6. The van der Waals surface area contributed by atoms with Crippen LogP contribution < -0.4 is 0 Å². The number of hydrogen-bond donors (Lipinski definition) is 3. The normalized spacial score (nSPS) is 17.6. The monoisotopic (exact) mass is 530 g/mol. The first kappa shape index (κ1) is 27.1. The van der Waals surface area contributed by atoms with Crippen molar-refractivity contribution in [1.29, 1.82) is 5.26 Å². The molecule has 12 nitrogen and oxygen atoms in total. The zero-order valence-corrected chi connectivity index (χ0v) is 19.9. The van der Waals surface area contributed by atoms with Gasteiger partial charge in [0.15, 0.2) is 5.82 Å². The predicted octanol–water partition coefficient (Wildman–Crippen LogP) is 1.98. The quantitative estimate of drug-likeness (QED) is 0.418. The number of carbonyl (C=O) groups excluding carboxylic acids is 1. The number of halogens is 3. The predicted molar refractivity (Wildman–Crippen MR) is 117 cm³/mol. The molecule has 1 aromatic carbocycles. The second-order valence-corrected chi connectivity index (χ2v) is 9.21. The molecule has 2 aromatic heterocycles. The summed E-state index contributed by atoms with van der Waals surface area (Å²) in [5.74, 6) is -0.831. The minimum absolute atomic E-state index is 0.0348. The van der Waals surface area contributed by atoms with Crippen LogP contribution in [0.4, 0.5) is 13.2 Å². The molecule has 0 spiro atoms. The van der Waals surface area contributed by atoms with Crippen molar-refractivity contribution in [3.8, 4) is 6.07 Å². The van der Waals surface area contributed by atoms with Crippen molar-refractivity contribution in [2.45, 2.75) is 38.2 Å². The average Bonchev–Trinajstić information content (AvgIpc) is 3.31. The van der Waals surface area contributed by atoms with Gasteiger partial charge in [-0.1, -0.05) is 0 Å². The number of carbonyl (C=O) groups is 1. The van der Waals surface area contributed by atoms with Crippen molar-refractivity contribution in [2.24, 2.45) is 7.05 Å². The maximum absolute atomic E-state index is 13.3. The number of hydrogen-bond acceptors (Lipinski definition) is 7. The molecule has 1 aliphatic rings. The lowest BCUT2D eigenvalue weighted by atomic mass is 10.0. The van der Waals surface area contributed by atoms with Gasteiger partial charge in [-0.05, 0) is 32.0 Å². The van der Waals surface area contributed by atoms with E-state index in [1.54, 1.807) is 32.2 Å². The maximum atomic E-state index is 13.3. The molecule has 0 radical (unpaired) electrons. The summed E-state index contributed by atoms with van der Waals surface area (Å²) >= 11 is 0. The van der Waals surface area contributed by atoms with Gasteiger partial charge in [0.05, 0.1) is 41.6 Å². The third-order valence-electron chi connectivity index (χ3n) is 5.59. The molecule has 1 amide bonds. The van der Waals surface area contributed by atoms with E-state index in [4.69, 9.17) is 22.8 Å². The summed E-state index contributed by atoms with van der Waals surface area (Å²) in [6.45, 7) is 2.50. The van der Waals surface area contributed by atoms with E-state index in [-0.39, 0.29) is 19.0 Å². The summed E-state index contributed by atoms with van der Waals surface area (Å²) in [7, 11) is -3.05. The number of alkyl halides is 3. The van der Waals surface area contributed by atoms with Crippen LogP contribution in [0.1, 0.15) is 47.5 Å². The fourth-order valence-electron chi connectivity index (χ4n) is 3.98. The molecule has 0 fully saturated rings. The van der Waals surface area contributed by atoms with E-state index >= 15 is 0 Å². The van der Waals surface area contributed by atoms with Crippen LogP contribution in [0.15, 0.2) is 24.4 Å². The lowest BCUT2D eigenvalue weighted by molar-refractivity contribution is -0.263. The van der Waals surface area contributed by atoms with Crippen LogP contribution in [0.3, 0.4) is 0 Å². The number of aliphatic hydroxyl groups is 1. The van der Waals surface area contributed by atoms with Crippen LogP contribution >= 0.6 is 0 Å². The molecule has 0 aliphatic carbocycles. The Kier molecular flexibility index (Phi) is 6.89. The van der Waals surface area contributed by atoms with Gasteiger partial charge in [-0.15, -0.1) is 0 Å². The first-order valence-electron chi connectivity index (χ1n) is 10.2. The summed E-state index contributed by atoms with van der Waals surface area (Å²) in [5, 5.41) is 24.0. The fourth-order valence-corrected chi connectivity index (χ4v) is 3.98. The molecule has 3 heterocycles. The summed E-state index contributed by atoms with van der Waals surface area (Å²) in [6.07, 6.45) is -3.64. The van der Waals surface area contributed by atoms with Crippen molar-refractivity contribution >= 4 is 27.2 Å². The van der Waals surface area contributed by atoms with E-state index < -0.39 is 34.0 Å². The number of aromatic nitrogens is 4. The Morgan fingerprint density at radius 1 is 1.28 bits per heavy atom. The van der Waals surface area contributed by atoms with E-state index in [2.05, 4.69) is 10.1 Å². The molecular formula is C20H21F3N6O6S. The van der Waals surface area contributed by atoms with Crippen molar-refractivity contribution in [3.63, 3.8) is 0 Å². The molecule has 0 bridgehead atoms. The summed E-state index contributed by atoms with van der Waals surface area (Å²) < 4.78 is 74.4. The molecule has 1 aliphatic heterocycles. The van der Waals surface area contributed by atoms with Gasteiger partial charge in [0.25, 0.3) is 5.91 Å². The molecule has 0 saturated heterocycles. The lowest BCUT2D eigenvalue weighted by Gasteiger charge is -2.36. The maximum Gasteiger partial charge on any atom is 0.424 e. The molecular weight excluding hydrogens is 509 g/mol. The highest BCUT2D eigenvalue weighted by Crippen LogP contribution is 2.40. The number of nitrogens with zero attached hydrogens (tertiary/aromatic N) is 6. The van der Waals surface area contributed by atoms with Gasteiger partial charge >= 0.3 is 16.6 Å². The van der Waals surface area contributed by atoms with E-state index in [9.17, 15) is 23.1 Å². The Hall–Kier alpha value is -3.52. The van der Waals surface area contributed by atoms with Gasteiger partial charge in [0, 0.05) is 19.0 Å². The van der Waals surface area contributed by atoms with E-state index in [0.717, 1.165) is 0 Å². The van der Waals surface area contributed by atoms with Gasteiger partial charge in [-0.3, -0.25) is 18.6 Å². The summed E-state index contributed by atoms with van der Waals surface area (Å²) in [5.41, 5.74) is -1.47. The Bertz CT molecular complexity index is 1460. The zero-order chi connectivity index (χ0) is 27.2. The topological polar surface area (TPSA) is 175 Å². The molecule has 36 heavy (non-hydrogen) atoms. The van der Waals surface area contributed by atoms with Gasteiger partial charge in [0.1, 0.15) is 5.69 Å². The smallest absolute Gasteiger partial charge is 0.374 e. The number of aryl methyl sites for hydroxylation is 1. The third-order valence-corrected chi connectivity index (χ3v) is 5.59. The second-order valence-electron chi connectivity index (χ2n) is 8.31. The number of amides is 1. The van der Waals surface area contributed by atoms with E-state index in [0.29, 0.717) is 34.8 Å². The number of rotatable bonds is 2. The van der Waals surface area contributed by atoms with E-state index in [1.807, 2.05) is 6.07 Å².